The largest absolute Gasteiger partial charge is 0.354 e. The first-order valence-electron chi connectivity index (χ1n) is 8.73. The molecule has 132 valence electrons. The van der Waals surface area contributed by atoms with Gasteiger partial charge in [0.1, 0.15) is 0 Å². The number of hydrogen-bond donors (Lipinski definition) is 2. The molecule has 1 amide bonds. The summed E-state index contributed by atoms with van der Waals surface area (Å²) in [6, 6.07) is 20.3. The minimum Gasteiger partial charge on any atom is -0.354 e. The molecule has 0 saturated carbocycles. The van der Waals surface area contributed by atoms with E-state index in [4.69, 9.17) is 0 Å². The predicted molar refractivity (Wildman–Crippen MR) is 103 cm³/mol. The Hall–Kier alpha value is -3.21. The highest BCUT2D eigenvalue weighted by Crippen LogP contribution is 2.03. The van der Waals surface area contributed by atoms with Gasteiger partial charge in [0.05, 0.1) is 5.56 Å². The number of rotatable bonds is 8. The molecule has 5 nitrogen and oxygen atoms in total. The van der Waals surface area contributed by atoms with Gasteiger partial charge in [-0.2, -0.15) is 0 Å². The van der Waals surface area contributed by atoms with Gasteiger partial charge in [-0.05, 0) is 24.0 Å². The van der Waals surface area contributed by atoms with Gasteiger partial charge in [-0.3, -0.25) is 4.79 Å². The quantitative estimate of drug-likeness (QED) is 0.658. The molecular formula is C21H22N4O. The first kappa shape index (κ1) is 17.6. The van der Waals surface area contributed by atoms with Crippen molar-refractivity contribution in [1.29, 1.82) is 0 Å². The molecule has 0 atom stereocenters. The molecule has 0 aliphatic carbocycles. The first-order valence-corrected chi connectivity index (χ1v) is 8.73. The SMILES string of the molecule is O=C(NCCc1ccccc1)c1cnc(NCCc2ccccc2)nc1. The number of nitrogens with zero attached hydrogens (tertiary/aromatic N) is 2. The molecular weight excluding hydrogens is 324 g/mol. The third-order valence-corrected chi connectivity index (χ3v) is 4.00. The summed E-state index contributed by atoms with van der Waals surface area (Å²) in [4.78, 5) is 20.6. The van der Waals surface area contributed by atoms with Crippen molar-refractivity contribution in [3.63, 3.8) is 0 Å². The second-order valence-corrected chi connectivity index (χ2v) is 5.95. The van der Waals surface area contributed by atoms with Crippen LogP contribution in [0.25, 0.3) is 0 Å². The van der Waals surface area contributed by atoms with Crippen LogP contribution in [0.15, 0.2) is 73.1 Å². The van der Waals surface area contributed by atoms with E-state index >= 15 is 0 Å². The summed E-state index contributed by atoms with van der Waals surface area (Å²) in [5.41, 5.74) is 2.92. The third kappa shape index (κ3) is 5.41. The van der Waals surface area contributed by atoms with Gasteiger partial charge in [-0.1, -0.05) is 60.7 Å². The van der Waals surface area contributed by atoms with Crippen molar-refractivity contribution in [1.82, 2.24) is 15.3 Å². The Kier molecular flexibility index (Phi) is 6.31. The fourth-order valence-corrected chi connectivity index (χ4v) is 2.57. The summed E-state index contributed by atoms with van der Waals surface area (Å²) in [6.45, 7) is 1.33. The minimum absolute atomic E-state index is 0.156. The summed E-state index contributed by atoms with van der Waals surface area (Å²) >= 11 is 0. The molecule has 3 rings (SSSR count). The molecule has 0 aliphatic rings. The number of hydrogen-bond acceptors (Lipinski definition) is 4. The van der Waals surface area contributed by atoms with Crippen LogP contribution in [0.1, 0.15) is 21.5 Å². The second kappa shape index (κ2) is 9.32. The average Bonchev–Trinajstić information content (AvgIpc) is 2.70. The standard InChI is InChI=1S/C21H22N4O/c26-20(22-13-11-17-7-3-1-4-8-17)19-15-24-21(25-16-19)23-14-12-18-9-5-2-6-10-18/h1-10,15-16H,11-14H2,(H,22,26)(H,23,24,25). The van der Waals surface area contributed by atoms with Gasteiger partial charge >= 0.3 is 0 Å². The van der Waals surface area contributed by atoms with Gasteiger partial charge in [0.15, 0.2) is 0 Å². The lowest BCUT2D eigenvalue weighted by molar-refractivity contribution is 0.0953. The fourth-order valence-electron chi connectivity index (χ4n) is 2.57. The van der Waals surface area contributed by atoms with E-state index in [9.17, 15) is 4.79 Å². The Morgan fingerprint density at radius 1 is 0.769 bits per heavy atom. The summed E-state index contributed by atoms with van der Waals surface area (Å²) in [7, 11) is 0. The molecule has 1 heterocycles. The van der Waals surface area contributed by atoms with Crippen molar-refractivity contribution in [2.75, 3.05) is 18.4 Å². The Bertz CT molecular complexity index is 804. The van der Waals surface area contributed by atoms with Crippen LogP contribution in [-0.4, -0.2) is 29.0 Å². The summed E-state index contributed by atoms with van der Waals surface area (Å²) in [5.74, 6) is 0.374. The van der Waals surface area contributed by atoms with Crippen LogP contribution in [0.5, 0.6) is 0 Å². The van der Waals surface area contributed by atoms with Gasteiger partial charge < -0.3 is 10.6 Å². The van der Waals surface area contributed by atoms with Gasteiger partial charge in [0.2, 0.25) is 5.95 Å². The number of anilines is 1. The maximum absolute atomic E-state index is 12.1. The lowest BCUT2D eigenvalue weighted by Crippen LogP contribution is -2.26. The van der Waals surface area contributed by atoms with Crippen LogP contribution >= 0.6 is 0 Å². The molecule has 5 heteroatoms. The van der Waals surface area contributed by atoms with Crippen molar-refractivity contribution in [2.24, 2.45) is 0 Å². The molecule has 0 spiro atoms. The Labute approximate surface area is 153 Å². The van der Waals surface area contributed by atoms with Gasteiger partial charge in [-0.15, -0.1) is 0 Å². The van der Waals surface area contributed by atoms with E-state index in [0.717, 1.165) is 19.4 Å². The predicted octanol–water partition coefficient (Wildman–Crippen LogP) is 3.10. The smallest absolute Gasteiger partial charge is 0.254 e. The summed E-state index contributed by atoms with van der Waals surface area (Å²) in [5, 5.41) is 6.06. The molecule has 0 unspecified atom stereocenters. The van der Waals surface area contributed by atoms with Crippen molar-refractivity contribution in [2.45, 2.75) is 12.8 Å². The molecule has 3 aromatic rings. The van der Waals surface area contributed by atoms with E-state index in [1.54, 1.807) is 12.4 Å². The number of benzene rings is 2. The van der Waals surface area contributed by atoms with Crippen molar-refractivity contribution in [3.05, 3.63) is 89.7 Å². The van der Waals surface area contributed by atoms with Crippen LogP contribution < -0.4 is 10.6 Å². The molecule has 1 aromatic heterocycles. The minimum atomic E-state index is -0.156. The zero-order valence-corrected chi connectivity index (χ0v) is 14.6. The number of amides is 1. The number of carbonyl (C=O) groups is 1. The topological polar surface area (TPSA) is 66.9 Å². The number of aromatic nitrogens is 2. The van der Waals surface area contributed by atoms with Crippen LogP contribution in [0.2, 0.25) is 0 Å². The van der Waals surface area contributed by atoms with E-state index in [0.29, 0.717) is 18.1 Å². The van der Waals surface area contributed by atoms with Crippen molar-refractivity contribution >= 4 is 11.9 Å². The Morgan fingerprint density at radius 3 is 1.88 bits per heavy atom. The second-order valence-electron chi connectivity index (χ2n) is 5.95. The number of carbonyl (C=O) groups excluding carboxylic acids is 1. The average molecular weight is 346 g/mol. The summed E-state index contributed by atoms with van der Waals surface area (Å²) in [6.07, 6.45) is 4.80. The fraction of sp³-hybridized carbons (Fsp3) is 0.190. The lowest BCUT2D eigenvalue weighted by Gasteiger charge is -2.07. The van der Waals surface area contributed by atoms with Crippen LogP contribution in [0.4, 0.5) is 5.95 Å². The maximum Gasteiger partial charge on any atom is 0.254 e. The van der Waals surface area contributed by atoms with Gasteiger partial charge in [0.25, 0.3) is 5.91 Å². The number of nitrogens with one attached hydrogen (secondary N) is 2. The molecule has 0 saturated heterocycles. The van der Waals surface area contributed by atoms with E-state index in [2.05, 4.69) is 32.7 Å². The molecule has 0 radical (unpaired) electrons. The van der Waals surface area contributed by atoms with E-state index in [1.165, 1.54) is 11.1 Å². The van der Waals surface area contributed by atoms with E-state index in [-0.39, 0.29) is 5.91 Å². The molecule has 0 fully saturated rings. The zero-order chi connectivity index (χ0) is 18.0. The van der Waals surface area contributed by atoms with Gasteiger partial charge in [-0.25, -0.2) is 9.97 Å². The lowest BCUT2D eigenvalue weighted by atomic mass is 10.1. The molecule has 26 heavy (non-hydrogen) atoms. The van der Waals surface area contributed by atoms with Crippen molar-refractivity contribution in [3.8, 4) is 0 Å². The van der Waals surface area contributed by atoms with Crippen LogP contribution in [0, 0.1) is 0 Å². The Morgan fingerprint density at radius 2 is 1.31 bits per heavy atom. The van der Waals surface area contributed by atoms with E-state index in [1.807, 2.05) is 48.5 Å². The molecule has 0 aliphatic heterocycles. The van der Waals surface area contributed by atoms with Crippen LogP contribution in [-0.2, 0) is 12.8 Å². The zero-order valence-electron chi connectivity index (χ0n) is 14.6. The Balaban J connectivity index is 1.42. The monoisotopic (exact) mass is 346 g/mol. The van der Waals surface area contributed by atoms with E-state index < -0.39 is 0 Å². The highest BCUT2D eigenvalue weighted by Gasteiger charge is 2.06. The summed E-state index contributed by atoms with van der Waals surface area (Å²) < 4.78 is 0. The van der Waals surface area contributed by atoms with Gasteiger partial charge in [0, 0.05) is 25.5 Å². The maximum atomic E-state index is 12.1. The van der Waals surface area contributed by atoms with Crippen LogP contribution in [0.3, 0.4) is 0 Å². The highest BCUT2D eigenvalue weighted by atomic mass is 16.1. The first-order chi connectivity index (χ1) is 12.8. The molecule has 2 N–H and O–H groups in total. The normalized spacial score (nSPS) is 10.3. The molecule has 2 aromatic carbocycles. The third-order valence-electron chi connectivity index (χ3n) is 4.00. The van der Waals surface area contributed by atoms with Crippen molar-refractivity contribution < 1.29 is 4.79 Å². The molecule has 0 bridgehead atoms. The highest BCUT2D eigenvalue weighted by molar-refractivity contribution is 5.93.